The summed E-state index contributed by atoms with van der Waals surface area (Å²) in [7, 11) is 1.70. The van der Waals surface area contributed by atoms with Crippen molar-refractivity contribution in [2.24, 2.45) is 7.05 Å². The summed E-state index contributed by atoms with van der Waals surface area (Å²) < 4.78 is 29.0. The highest BCUT2D eigenvalue weighted by atomic mass is 19.1. The van der Waals surface area contributed by atoms with Crippen LogP contribution in [0.4, 0.5) is 20.3 Å². The van der Waals surface area contributed by atoms with E-state index in [0.717, 1.165) is 23.2 Å². The highest BCUT2D eigenvalue weighted by Crippen LogP contribution is 2.35. The zero-order valence-electron chi connectivity index (χ0n) is 20.7. The molecule has 0 radical (unpaired) electrons. The van der Waals surface area contributed by atoms with Gasteiger partial charge >= 0.3 is 0 Å². The molecule has 188 valence electrons. The Hall–Kier alpha value is -4.09. The molecule has 2 aromatic carbocycles. The lowest BCUT2D eigenvalue weighted by Crippen LogP contribution is -2.54. The summed E-state index contributed by atoms with van der Waals surface area (Å²) in [4.78, 5) is 25.3. The molecular formula is C29H27F2N5O. The van der Waals surface area contributed by atoms with Crippen molar-refractivity contribution in [3.8, 4) is 0 Å². The van der Waals surface area contributed by atoms with E-state index >= 15 is 0 Å². The van der Waals surface area contributed by atoms with Crippen molar-refractivity contribution >= 4 is 22.5 Å². The van der Waals surface area contributed by atoms with E-state index in [4.69, 9.17) is 6.57 Å². The van der Waals surface area contributed by atoms with Crippen molar-refractivity contribution in [1.29, 1.82) is 0 Å². The summed E-state index contributed by atoms with van der Waals surface area (Å²) in [5.74, 6) is -0.324. The molecule has 6 nitrogen and oxygen atoms in total. The lowest BCUT2D eigenvalue weighted by atomic mass is 9.93. The van der Waals surface area contributed by atoms with Crippen LogP contribution in [0.5, 0.6) is 0 Å². The summed E-state index contributed by atoms with van der Waals surface area (Å²) in [6.07, 6.45) is 0.832. The Labute approximate surface area is 214 Å². The molecule has 2 aromatic heterocycles. The number of aromatic nitrogens is 2. The fraction of sp³-hybridized carbons (Fsp3) is 0.276. The van der Waals surface area contributed by atoms with Gasteiger partial charge in [0.25, 0.3) is 11.4 Å². The maximum absolute atomic E-state index is 13.8. The van der Waals surface area contributed by atoms with Gasteiger partial charge in [-0.1, -0.05) is 37.8 Å². The van der Waals surface area contributed by atoms with Gasteiger partial charge in [-0.05, 0) is 53.9 Å². The Balaban J connectivity index is 1.54. The van der Waals surface area contributed by atoms with Gasteiger partial charge in [0.15, 0.2) is 0 Å². The van der Waals surface area contributed by atoms with Crippen LogP contribution < -0.4 is 10.5 Å². The molecule has 0 N–H and O–H groups in total. The molecule has 1 aliphatic rings. The molecule has 37 heavy (non-hydrogen) atoms. The van der Waals surface area contributed by atoms with Crippen LogP contribution in [0, 0.1) is 18.2 Å². The fourth-order valence-corrected chi connectivity index (χ4v) is 5.26. The minimum absolute atomic E-state index is 0.0945. The lowest BCUT2D eigenvalue weighted by Gasteiger charge is -2.46. The summed E-state index contributed by atoms with van der Waals surface area (Å²) in [5.41, 5.74) is 3.77. The third kappa shape index (κ3) is 4.70. The van der Waals surface area contributed by atoms with Crippen LogP contribution in [-0.2, 0) is 7.05 Å². The van der Waals surface area contributed by atoms with Crippen molar-refractivity contribution in [2.45, 2.75) is 25.4 Å². The summed E-state index contributed by atoms with van der Waals surface area (Å²) in [5, 5.41) is 0. The third-order valence-corrected chi connectivity index (χ3v) is 7.21. The lowest BCUT2D eigenvalue weighted by molar-refractivity contribution is 0.135. The van der Waals surface area contributed by atoms with Gasteiger partial charge in [0.05, 0.1) is 17.2 Å². The van der Waals surface area contributed by atoms with Crippen molar-refractivity contribution in [1.82, 2.24) is 14.5 Å². The number of piperazine rings is 1. The quantitative estimate of drug-likeness (QED) is 0.343. The molecule has 5 rings (SSSR count). The molecule has 8 heteroatoms. The molecular weight excluding hydrogens is 472 g/mol. The average molecular weight is 500 g/mol. The maximum atomic E-state index is 13.8. The molecule has 0 saturated carbocycles. The van der Waals surface area contributed by atoms with E-state index in [1.807, 2.05) is 0 Å². The van der Waals surface area contributed by atoms with Crippen molar-refractivity contribution in [3.05, 3.63) is 111 Å². The SMILES string of the molecule is [C-]#[N+]c1ccc2c(n1)c(N1CCN(C(c3ccc(F)cc3)c3ccc(F)cc3)[C@H](CC)C1)cc(=O)n2C. The first kappa shape index (κ1) is 24.6. The molecule has 3 heterocycles. The Morgan fingerprint density at radius 2 is 1.62 bits per heavy atom. The van der Waals surface area contributed by atoms with E-state index in [9.17, 15) is 13.6 Å². The largest absolute Gasteiger partial charge is 0.365 e. The summed E-state index contributed by atoms with van der Waals surface area (Å²) in [6.45, 7) is 11.4. The molecule has 1 aliphatic heterocycles. The van der Waals surface area contributed by atoms with Gasteiger partial charge in [0.2, 0.25) is 5.52 Å². The molecule has 0 unspecified atom stereocenters. The summed E-state index contributed by atoms with van der Waals surface area (Å²) in [6, 6.07) is 17.9. The van der Waals surface area contributed by atoms with Crippen LogP contribution in [0.1, 0.15) is 30.5 Å². The third-order valence-electron chi connectivity index (χ3n) is 7.21. The number of aryl methyl sites for hydroxylation is 1. The van der Waals surface area contributed by atoms with E-state index < -0.39 is 0 Å². The highest BCUT2D eigenvalue weighted by Gasteiger charge is 2.34. The Kier molecular flexibility index (Phi) is 6.72. The van der Waals surface area contributed by atoms with E-state index in [1.54, 1.807) is 54.1 Å². The van der Waals surface area contributed by atoms with E-state index in [2.05, 4.69) is 26.6 Å². The first-order valence-electron chi connectivity index (χ1n) is 12.3. The fourth-order valence-electron chi connectivity index (χ4n) is 5.26. The molecule has 0 spiro atoms. The van der Waals surface area contributed by atoms with Gasteiger partial charge < -0.3 is 14.3 Å². The zero-order chi connectivity index (χ0) is 26.1. The van der Waals surface area contributed by atoms with Gasteiger partial charge in [-0.3, -0.25) is 9.69 Å². The van der Waals surface area contributed by atoms with Gasteiger partial charge in [-0.25, -0.2) is 8.78 Å². The predicted octanol–water partition coefficient (Wildman–Crippen LogP) is 5.45. The Morgan fingerprint density at radius 1 is 1.00 bits per heavy atom. The number of benzene rings is 2. The maximum Gasteiger partial charge on any atom is 0.270 e. The van der Waals surface area contributed by atoms with Gasteiger partial charge in [-0.15, -0.1) is 4.98 Å². The minimum Gasteiger partial charge on any atom is -0.365 e. The molecule has 0 amide bonds. The monoisotopic (exact) mass is 499 g/mol. The Bertz CT molecular complexity index is 1480. The molecule has 1 saturated heterocycles. The number of anilines is 1. The molecule has 0 bridgehead atoms. The number of hydrogen-bond donors (Lipinski definition) is 0. The normalized spacial score (nSPS) is 16.3. The number of fused-ring (bicyclic) bond motifs is 1. The van der Waals surface area contributed by atoms with Gasteiger partial charge in [0.1, 0.15) is 11.6 Å². The second kappa shape index (κ2) is 10.1. The topological polar surface area (TPSA) is 45.7 Å². The second-order valence-electron chi connectivity index (χ2n) is 9.33. The smallest absolute Gasteiger partial charge is 0.270 e. The van der Waals surface area contributed by atoms with Crippen molar-refractivity contribution in [3.63, 3.8) is 0 Å². The van der Waals surface area contributed by atoms with Crippen LogP contribution in [0.25, 0.3) is 15.9 Å². The Morgan fingerprint density at radius 3 is 2.19 bits per heavy atom. The van der Waals surface area contributed by atoms with Crippen LogP contribution in [-0.4, -0.2) is 40.1 Å². The number of halogens is 2. The standard InChI is InChI=1S/C29H27F2N5O/c1-4-23-18-35(25-17-27(37)34(3)24-13-14-26(32-2)33-28(24)25)15-16-36(23)29(19-5-9-21(30)10-6-19)20-7-11-22(31)12-8-20/h5-14,17,23,29H,4,15-16,18H2,1,3H3/t23-/m1/s1. The number of nitrogens with zero attached hydrogens (tertiary/aromatic N) is 5. The van der Waals surface area contributed by atoms with E-state index in [0.29, 0.717) is 30.7 Å². The van der Waals surface area contributed by atoms with E-state index in [-0.39, 0.29) is 35.1 Å². The van der Waals surface area contributed by atoms with Gasteiger partial charge in [0, 0.05) is 38.8 Å². The minimum atomic E-state index is -0.303. The molecule has 1 atom stereocenters. The van der Waals surface area contributed by atoms with Crippen LogP contribution in [0.3, 0.4) is 0 Å². The van der Waals surface area contributed by atoms with Crippen LogP contribution >= 0.6 is 0 Å². The predicted molar refractivity (Wildman–Crippen MR) is 141 cm³/mol. The van der Waals surface area contributed by atoms with Crippen molar-refractivity contribution in [2.75, 3.05) is 24.5 Å². The molecule has 0 aliphatic carbocycles. The van der Waals surface area contributed by atoms with Gasteiger partial charge in [-0.2, -0.15) is 0 Å². The summed E-state index contributed by atoms with van der Waals surface area (Å²) >= 11 is 0. The number of rotatable bonds is 5. The van der Waals surface area contributed by atoms with Crippen LogP contribution in [0.15, 0.2) is 71.5 Å². The van der Waals surface area contributed by atoms with Crippen molar-refractivity contribution < 1.29 is 8.78 Å². The van der Waals surface area contributed by atoms with E-state index in [1.165, 1.54) is 24.3 Å². The first-order chi connectivity index (χ1) is 17.9. The first-order valence-corrected chi connectivity index (χ1v) is 12.3. The number of hydrogen-bond acceptors (Lipinski definition) is 4. The van der Waals surface area contributed by atoms with Crippen LogP contribution in [0.2, 0.25) is 0 Å². The number of pyridine rings is 2. The molecule has 4 aromatic rings. The zero-order valence-corrected chi connectivity index (χ0v) is 20.7. The second-order valence-corrected chi connectivity index (χ2v) is 9.33. The average Bonchev–Trinajstić information content (AvgIpc) is 2.92. The highest BCUT2D eigenvalue weighted by molar-refractivity contribution is 5.89. The molecule has 1 fully saturated rings.